The van der Waals surface area contributed by atoms with Crippen LogP contribution in [0.3, 0.4) is 0 Å². The van der Waals surface area contributed by atoms with E-state index in [0.29, 0.717) is 18.5 Å². The Morgan fingerprint density at radius 1 is 1.08 bits per heavy atom. The number of carbonyl (C=O) groups is 2. The van der Waals surface area contributed by atoms with Crippen LogP contribution in [0.25, 0.3) is 0 Å². The molecule has 0 radical (unpaired) electrons. The first-order valence-corrected chi connectivity index (χ1v) is 9.84. The van der Waals surface area contributed by atoms with Crippen molar-refractivity contribution in [3.05, 3.63) is 0 Å². The Balaban J connectivity index is 1.85. The normalized spacial score (nSPS) is 23.9. The molecule has 2 saturated carbocycles. The van der Waals surface area contributed by atoms with Gasteiger partial charge in [0.15, 0.2) is 5.96 Å². The Labute approximate surface area is 156 Å². The molecule has 26 heavy (non-hydrogen) atoms. The van der Waals surface area contributed by atoms with Gasteiger partial charge in [0, 0.05) is 24.5 Å². The molecular weight excluding hydrogens is 332 g/mol. The number of carbonyl (C=O) groups excluding carboxylic acids is 2. The third-order valence-corrected chi connectivity index (χ3v) is 4.44. The van der Waals surface area contributed by atoms with Crippen LogP contribution in [0.4, 0.5) is 0 Å². The Morgan fingerprint density at radius 2 is 1.81 bits per heavy atom. The van der Waals surface area contributed by atoms with Gasteiger partial charge in [-0.15, -0.1) is 0 Å². The molecule has 2 unspecified atom stereocenters. The number of nitrogens with one attached hydrogen (secondary N) is 3. The standard InChI is InChI=1S/C19H34N4O3/c1-5-20-18(21-12-16(24)26-19(2,3)4)23-15-8-6-7-13(11-15)17(25)22-14-9-10-14/h13-15H,5-12H2,1-4H3,(H,22,25)(H2,20,21,23). The van der Waals surface area contributed by atoms with E-state index in [0.717, 1.165) is 38.5 Å². The fourth-order valence-corrected chi connectivity index (χ4v) is 3.14. The predicted molar refractivity (Wildman–Crippen MR) is 102 cm³/mol. The van der Waals surface area contributed by atoms with E-state index in [9.17, 15) is 9.59 Å². The molecule has 148 valence electrons. The maximum atomic E-state index is 12.3. The number of nitrogens with zero attached hydrogens (tertiary/aromatic N) is 1. The number of ether oxygens (including phenoxy) is 1. The summed E-state index contributed by atoms with van der Waals surface area (Å²) in [6.07, 6.45) is 6.00. The van der Waals surface area contributed by atoms with Crippen molar-refractivity contribution in [1.29, 1.82) is 0 Å². The Kier molecular flexibility index (Phi) is 7.29. The summed E-state index contributed by atoms with van der Waals surface area (Å²) in [4.78, 5) is 28.5. The van der Waals surface area contributed by atoms with E-state index in [2.05, 4.69) is 20.9 Å². The quantitative estimate of drug-likeness (QED) is 0.378. The topological polar surface area (TPSA) is 91.8 Å². The second kappa shape index (κ2) is 9.24. The zero-order valence-electron chi connectivity index (χ0n) is 16.6. The van der Waals surface area contributed by atoms with Gasteiger partial charge in [0.25, 0.3) is 0 Å². The molecule has 0 spiro atoms. The van der Waals surface area contributed by atoms with E-state index in [-0.39, 0.29) is 30.4 Å². The first-order chi connectivity index (χ1) is 12.3. The lowest BCUT2D eigenvalue weighted by molar-refractivity contribution is -0.152. The highest BCUT2D eigenvalue weighted by Gasteiger charge is 2.31. The van der Waals surface area contributed by atoms with E-state index >= 15 is 0 Å². The molecule has 0 bridgehead atoms. The zero-order valence-corrected chi connectivity index (χ0v) is 16.6. The molecule has 7 nitrogen and oxygen atoms in total. The van der Waals surface area contributed by atoms with Crippen LogP contribution in [-0.4, -0.2) is 48.6 Å². The molecule has 0 aromatic rings. The van der Waals surface area contributed by atoms with Crippen LogP contribution >= 0.6 is 0 Å². The fourth-order valence-electron chi connectivity index (χ4n) is 3.14. The summed E-state index contributed by atoms with van der Waals surface area (Å²) in [5.41, 5.74) is -0.510. The molecule has 2 aliphatic rings. The summed E-state index contributed by atoms with van der Waals surface area (Å²) in [5.74, 6) is 0.511. The Morgan fingerprint density at radius 3 is 2.42 bits per heavy atom. The predicted octanol–water partition coefficient (Wildman–Crippen LogP) is 1.72. The van der Waals surface area contributed by atoms with Crippen LogP contribution in [0.5, 0.6) is 0 Å². The summed E-state index contributed by atoms with van der Waals surface area (Å²) < 4.78 is 5.29. The summed E-state index contributed by atoms with van der Waals surface area (Å²) >= 11 is 0. The summed E-state index contributed by atoms with van der Waals surface area (Å²) in [6, 6.07) is 0.596. The molecule has 2 fully saturated rings. The summed E-state index contributed by atoms with van der Waals surface area (Å²) in [6.45, 7) is 8.19. The highest BCUT2D eigenvalue weighted by Crippen LogP contribution is 2.26. The number of esters is 1. The average Bonchev–Trinajstić information content (AvgIpc) is 3.35. The number of rotatable bonds is 6. The van der Waals surface area contributed by atoms with Crippen LogP contribution in [0.2, 0.25) is 0 Å². The van der Waals surface area contributed by atoms with Crippen molar-refractivity contribution in [2.75, 3.05) is 13.1 Å². The van der Waals surface area contributed by atoms with Gasteiger partial charge in [0.1, 0.15) is 12.1 Å². The molecule has 1 amide bonds. The highest BCUT2D eigenvalue weighted by molar-refractivity contribution is 5.83. The van der Waals surface area contributed by atoms with Crippen molar-refractivity contribution in [3.8, 4) is 0 Å². The number of amides is 1. The Bertz CT molecular complexity index is 523. The summed E-state index contributed by atoms with van der Waals surface area (Å²) in [5, 5.41) is 9.66. The lowest BCUT2D eigenvalue weighted by Gasteiger charge is -2.30. The number of hydrogen-bond donors (Lipinski definition) is 3. The minimum Gasteiger partial charge on any atom is -0.459 e. The van der Waals surface area contributed by atoms with Crippen molar-refractivity contribution >= 4 is 17.8 Å². The monoisotopic (exact) mass is 366 g/mol. The van der Waals surface area contributed by atoms with Gasteiger partial charge in [-0.25, -0.2) is 4.99 Å². The molecule has 2 atom stereocenters. The molecule has 3 N–H and O–H groups in total. The third kappa shape index (κ3) is 7.62. The smallest absolute Gasteiger partial charge is 0.328 e. The highest BCUT2D eigenvalue weighted by atomic mass is 16.6. The van der Waals surface area contributed by atoms with E-state index < -0.39 is 5.60 Å². The largest absolute Gasteiger partial charge is 0.459 e. The van der Waals surface area contributed by atoms with Gasteiger partial charge in [-0.2, -0.15) is 0 Å². The molecule has 0 aromatic carbocycles. The van der Waals surface area contributed by atoms with Crippen LogP contribution in [0.1, 0.15) is 66.2 Å². The molecular formula is C19H34N4O3. The van der Waals surface area contributed by atoms with Crippen LogP contribution in [0.15, 0.2) is 4.99 Å². The SMILES string of the molecule is CCNC(=NCC(=O)OC(C)(C)C)NC1CCCC(C(=O)NC2CC2)C1. The first kappa shape index (κ1) is 20.5. The number of guanidine groups is 1. The van der Waals surface area contributed by atoms with Gasteiger partial charge in [0.05, 0.1) is 0 Å². The molecule has 2 aliphatic carbocycles. The maximum Gasteiger partial charge on any atom is 0.328 e. The van der Waals surface area contributed by atoms with Crippen molar-refractivity contribution in [2.45, 2.75) is 83.9 Å². The van der Waals surface area contributed by atoms with Crippen molar-refractivity contribution < 1.29 is 14.3 Å². The lowest BCUT2D eigenvalue weighted by Crippen LogP contribution is -2.47. The molecule has 0 aromatic heterocycles. The Hall–Kier alpha value is -1.79. The van der Waals surface area contributed by atoms with Gasteiger partial charge in [0.2, 0.25) is 5.91 Å². The minimum atomic E-state index is -0.510. The molecule has 0 aliphatic heterocycles. The van der Waals surface area contributed by atoms with Crippen molar-refractivity contribution in [2.24, 2.45) is 10.9 Å². The van der Waals surface area contributed by atoms with Crippen LogP contribution < -0.4 is 16.0 Å². The fraction of sp³-hybridized carbons (Fsp3) is 0.842. The lowest BCUT2D eigenvalue weighted by atomic mass is 9.85. The molecule has 0 saturated heterocycles. The third-order valence-electron chi connectivity index (χ3n) is 4.44. The van der Waals surface area contributed by atoms with Crippen molar-refractivity contribution in [1.82, 2.24) is 16.0 Å². The van der Waals surface area contributed by atoms with Gasteiger partial charge in [-0.3, -0.25) is 9.59 Å². The van der Waals surface area contributed by atoms with Gasteiger partial charge in [-0.1, -0.05) is 6.42 Å². The average molecular weight is 367 g/mol. The molecule has 0 heterocycles. The maximum absolute atomic E-state index is 12.3. The van der Waals surface area contributed by atoms with E-state index in [1.807, 2.05) is 27.7 Å². The number of hydrogen-bond acceptors (Lipinski definition) is 4. The van der Waals surface area contributed by atoms with Gasteiger partial charge in [-0.05, 0) is 59.8 Å². The van der Waals surface area contributed by atoms with Crippen LogP contribution in [-0.2, 0) is 14.3 Å². The van der Waals surface area contributed by atoms with E-state index in [1.54, 1.807) is 0 Å². The second-order valence-corrected chi connectivity index (χ2v) is 8.27. The first-order valence-electron chi connectivity index (χ1n) is 9.84. The van der Waals surface area contributed by atoms with E-state index in [1.165, 1.54) is 0 Å². The second-order valence-electron chi connectivity index (χ2n) is 8.27. The van der Waals surface area contributed by atoms with Crippen molar-refractivity contribution in [3.63, 3.8) is 0 Å². The zero-order chi connectivity index (χ0) is 19.2. The van der Waals surface area contributed by atoms with Crippen LogP contribution in [0, 0.1) is 5.92 Å². The molecule has 7 heteroatoms. The summed E-state index contributed by atoms with van der Waals surface area (Å²) in [7, 11) is 0. The molecule has 2 rings (SSSR count). The number of aliphatic imine (C=N–C) groups is 1. The van der Waals surface area contributed by atoms with Gasteiger partial charge >= 0.3 is 5.97 Å². The van der Waals surface area contributed by atoms with Gasteiger partial charge < -0.3 is 20.7 Å². The minimum absolute atomic E-state index is 0.0229. The van der Waals surface area contributed by atoms with E-state index in [4.69, 9.17) is 4.74 Å².